The van der Waals surface area contributed by atoms with Crippen LogP contribution in [-0.4, -0.2) is 53.0 Å². The van der Waals surface area contributed by atoms with Crippen LogP contribution in [0, 0.1) is 5.92 Å². The number of methoxy groups -OCH3 is 5. The third-order valence-electron chi connectivity index (χ3n) is 6.93. The molecule has 2 fully saturated rings. The summed E-state index contributed by atoms with van der Waals surface area (Å²) in [5.41, 5.74) is 2.45. The monoisotopic (exact) mass is 427 g/mol. The normalized spacial score (nSPS) is 22.8. The van der Waals surface area contributed by atoms with Gasteiger partial charge in [0.1, 0.15) is 11.5 Å². The van der Waals surface area contributed by atoms with E-state index in [4.69, 9.17) is 23.7 Å². The molecular formula is C25H33NO5. The number of ether oxygens (including phenoxy) is 5. The van der Waals surface area contributed by atoms with E-state index in [-0.39, 0.29) is 0 Å². The molecule has 1 saturated carbocycles. The third-order valence-corrected chi connectivity index (χ3v) is 6.93. The highest BCUT2D eigenvalue weighted by atomic mass is 16.5. The van der Waals surface area contributed by atoms with Gasteiger partial charge in [-0.15, -0.1) is 0 Å². The van der Waals surface area contributed by atoms with Gasteiger partial charge in [0.05, 0.1) is 35.5 Å². The molecule has 1 aliphatic carbocycles. The Morgan fingerprint density at radius 2 is 1.52 bits per heavy atom. The number of likely N-dealkylation sites (tertiary alicyclic amines) is 1. The van der Waals surface area contributed by atoms with Crippen LogP contribution in [0.15, 0.2) is 30.3 Å². The van der Waals surface area contributed by atoms with Crippen molar-refractivity contribution in [2.75, 3.05) is 42.1 Å². The Morgan fingerprint density at radius 3 is 2.13 bits per heavy atom. The summed E-state index contributed by atoms with van der Waals surface area (Å²) < 4.78 is 27.8. The van der Waals surface area contributed by atoms with Crippen molar-refractivity contribution in [1.82, 2.24) is 4.90 Å². The molecule has 2 aliphatic rings. The molecule has 0 aromatic heterocycles. The number of hydrogen-bond donors (Lipinski definition) is 0. The van der Waals surface area contributed by atoms with Crippen LogP contribution in [0.5, 0.6) is 28.7 Å². The molecule has 0 unspecified atom stereocenters. The standard InChI is InChI=1S/C25H33NO5/c1-27-18-10-9-16(22(13-18)28-2)14-26-15-20(19-7-6-8-21(19)26)17-11-23(29-3)25(31-5)24(12-17)30-4/h9-13,19-21H,6-8,14-15H2,1-5H3/t19-,20+,21-/m0/s1. The minimum atomic E-state index is 0.436. The average Bonchev–Trinajstić information content (AvgIpc) is 3.42. The second-order valence-electron chi connectivity index (χ2n) is 8.33. The van der Waals surface area contributed by atoms with Crippen molar-refractivity contribution in [3.05, 3.63) is 41.5 Å². The molecule has 0 N–H and O–H groups in total. The Labute approximate surface area is 185 Å². The second kappa shape index (κ2) is 9.27. The van der Waals surface area contributed by atoms with Gasteiger partial charge in [-0.05, 0) is 42.5 Å². The number of benzene rings is 2. The number of rotatable bonds is 8. The summed E-state index contributed by atoms with van der Waals surface area (Å²) in [6, 6.07) is 10.9. The van der Waals surface area contributed by atoms with Crippen molar-refractivity contribution >= 4 is 0 Å². The molecule has 1 saturated heterocycles. The maximum Gasteiger partial charge on any atom is 0.203 e. The predicted molar refractivity (Wildman–Crippen MR) is 120 cm³/mol. The van der Waals surface area contributed by atoms with Crippen molar-refractivity contribution < 1.29 is 23.7 Å². The van der Waals surface area contributed by atoms with Gasteiger partial charge in [0.2, 0.25) is 5.75 Å². The molecule has 1 heterocycles. The van der Waals surface area contributed by atoms with Crippen molar-refractivity contribution in [3.8, 4) is 28.7 Å². The molecule has 0 spiro atoms. The quantitative estimate of drug-likeness (QED) is 0.618. The second-order valence-corrected chi connectivity index (χ2v) is 8.33. The van der Waals surface area contributed by atoms with E-state index in [0.29, 0.717) is 23.6 Å². The van der Waals surface area contributed by atoms with Gasteiger partial charge in [-0.2, -0.15) is 0 Å². The van der Waals surface area contributed by atoms with Gasteiger partial charge in [0.15, 0.2) is 11.5 Å². The van der Waals surface area contributed by atoms with Gasteiger partial charge in [0.25, 0.3) is 0 Å². The SMILES string of the molecule is COc1ccc(CN2C[C@H](c3cc(OC)c(OC)c(OC)c3)[C@@H]3CCC[C@@H]32)c(OC)c1. The lowest BCUT2D eigenvalue weighted by atomic mass is 9.86. The summed E-state index contributed by atoms with van der Waals surface area (Å²) >= 11 is 0. The first-order chi connectivity index (χ1) is 15.1. The fourth-order valence-corrected chi connectivity index (χ4v) is 5.47. The molecule has 6 heteroatoms. The van der Waals surface area contributed by atoms with E-state index in [1.807, 2.05) is 12.1 Å². The molecule has 0 amide bonds. The van der Waals surface area contributed by atoms with Crippen LogP contribution in [-0.2, 0) is 6.54 Å². The van der Waals surface area contributed by atoms with Crippen LogP contribution in [0.3, 0.4) is 0 Å². The Balaban J connectivity index is 1.63. The molecule has 0 bridgehead atoms. The fraction of sp³-hybridized carbons (Fsp3) is 0.520. The number of hydrogen-bond acceptors (Lipinski definition) is 6. The minimum absolute atomic E-state index is 0.436. The van der Waals surface area contributed by atoms with Crippen LogP contribution in [0.1, 0.15) is 36.3 Å². The lowest BCUT2D eigenvalue weighted by molar-refractivity contribution is 0.229. The zero-order chi connectivity index (χ0) is 22.0. The summed E-state index contributed by atoms with van der Waals surface area (Å²) in [5, 5.41) is 0. The molecular weight excluding hydrogens is 394 g/mol. The third kappa shape index (κ3) is 4.01. The Bertz CT molecular complexity index is 890. The summed E-state index contributed by atoms with van der Waals surface area (Å²) in [7, 11) is 8.40. The maximum absolute atomic E-state index is 5.65. The van der Waals surface area contributed by atoms with Gasteiger partial charge in [-0.3, -0.25) is 4.90 Å². The summed E-state index contributed by atoms with van der Waals surface area (Å²) in [6.45, 7) is 1.87. The first kappa shape index (κ1) is 21.6. The Morgan fingerprint density at radius 1 is 0.806 bits per heavy atom. The largest absolute Gasteiger partial charge is 0.497 e. The van der Waals surface area contributed by atoms with E-state index in [1.54, 1.807) is 35.5 Å². The van der Waals surface area contributed by atoms with Crippen LogP contribution < -0.4 is 23.7 Å². The van der Waals surface area contributed by atoms with E-state index in [2.05, 4.69) is 23.1 Å². The lowest BCUT2D eigenvalue weighted by Crippen LogP contribution is -2.29. The van der Waals surface area contributed by atoms with Crippen LogP contribution in [0.2, 0.25) is 0 Å². The molecule has 168 valence electrons. The first-order valence-electron chi connectivity index (χ1n) is 10.9. The Hall–Kier alpha value is -2.60. The van der Waals surface area contributed by atoms with Gasteiger partial charge < -0.3 is 23.7 Å². The van der Waals surface area contributed by atoms with Crippen molar-refractivity contribution in [2.24, 2.45) is 5.92 Å². The zero-order valence-corrected chi connectivity index (χ0v) is 19.1. The number of fused-ring (bicyclic) bond motifs is 1. The van der Waals surface area contributed by atoms with E-state index in [0.717, 1.165) is 36.1 Å². The van der Waals surface area contributed by atoms with Gasteiger partial charge in [0, 0.05) is 36.7 Å². The van der Waals surface area contributed by atoms with Crippen molar-refractivity contribution in [1.29, 1.82) is 0 Å². The van der Waals surface area contributed by atoms with Crippen LogP contribution >= 0.6 is 0 Å². The predicted octanol–water partition coefficient (Wildman–Crippen LogP) is 4.50. The summed E-state index contributed by atoms with van der Waals surface area (Å²) in [5.74, 6) is 4.86. The van der Waals surface area contributed by atoms with Gasteiger partial charge in [-0.1, -0.05) is 12.5 Å². The number of nitrogens with zero attached hydrogens (tertiary/aromatic N) is 1. The van der Waals surface area contributed by atoms with E-state index < -0.39 is 0 Å². The molecule has 2 aromatic carbocycles. The molecule has 0 radical (unpaired) electrons. The maximum atomic E-state index is 5.65. The average molecular weight is 428 g/mol. The van der Waals surface area contributed by atoms with Crippen molar-refractivity contribution in [3.63, 3.8) is 0 Å². The molecule has 4 rings (SSSR count). The van der Waals surface area contributed by atoms with E-state index >= 15 is 0 Å². The van der Waals surface area contributed by atoms with Crippen LogP contribution in [0.4, 0.5) is 0 Å². The smallest absolute Gasteiger partial charge is 0.203 e. The summed E-state index contributed by atoms with van der Waals surface area (Å²) in [6.07, 6.45) is 3.76. The lowest BCUT2D eigenvalue weighted by Gasteiger charge is -2.24. The fourth-order valence-electron chi connectivity index (χ4n) is 5.47. The molecule has 6 nitrogen and oxygen atoms in total. The Kier molecular flexibility index (Phi) is 6.46. The van der Waals surface area contributed by atoms with Crippen LogP contribution in [0.25, 0.3) is 0 Å². The van der Waals surface area contributed by atoms with E-state index in [9.17, 15) is 0 Å². The molecule has 2 aromatic rings. The van der Waals surface area contributed by atoms with Crippen molar-refractivity contribution in [2.45, 2.75) is 37.8 Å². The first-order valence-corrected chi connectivity index (χ1v) is 10.9. The highest BCUT2D eigenvalue weighted by Gasteiger charge is 2.45. The van der Waals surface area contributed by atoms with Gasteiger partial charge in [-0.25, -0.2) is 0 Å². The van der Waals surface area contributed by atoms with E-state index in [1.165, 1.54) is 30.4 Å². The molecule has 31 heavy (non-hydrogen) atoms. The van der Waals surface area contributed by atoms with Gasteiger partial charge >= 0.3 is 0 Å². The minimum Gasteiger partial charge on any atom is -0.497 e. The molecule has 1 aliphatic heterocycles. The summed E-state index contributed by atoms with van der Waals surface area (Å²) in [4.78, 5) is 2.62. The zero-order valence-electron chi connectivity index (χ0n) is 19.1. The highest BCUT2D eigenvalue weighted by molar-refractivity contribution is 5.55. The highest BCUT2D eigenvalue weighted by Crippen LogP contribution is 2.50. The topological polar surface area (TPSA) is 49.4 Å². The molecule has 3 atom stereocenters.